The first-order valence-electron chi connectivity index (χ1n) is 18.5. The maximum Gasteiger partial charge on any atom is 0.327 e. The summed E-state index contributed by atoms with van der Waals surface area (Å²) < 4.78 is 48.7. The predicted molar refractivity (Wildman–Crippen MR) is 209 cm³/mol. The van der Waals surface area contributed by atoms with Crippen LogP contribution >= 0.6 is 7.60 Å². The van der Waals surface area contributed by atoms with Gasteiger partial charge >= 0.3 is 7.60 Å². The van der Waals surface area contributed by atoms with Gasteiger partial charge in [-0.1, -0.05) is 31.3 Å². The van der Waals surface area contributed by atoms with Gasteiger partial charge in [-0.05, 0) is 19.3 Å². The summed E-state index contributed by atoms with van der Waals surface area (Å²) in [6.07, 6.45) is 15.2. The lowest BCUT2D eigenvalue weighted by atomic mass is 9.82. The molecule has 18 heteroatoms. The second kappa shape index (κ2) is 34.5. The van der Waals surface area contributed by atoms with Gasteiger partial charge in [0, 0.05) is 62.6 Å². The van der Waals surface area contributed by atoms with Crippen molar-refractivity contribution in [3.8, 4) is 37.0 Å². The third-order valence-electron chi connectivity index (χ3n) is 7.67. The molecule has 0 rings (SSSR count). The van der Waals surface area contributed by atoms with Crippen LogP contribution in [0.25, 0.3) is 0 Å². The van der Waals surface area contributed by atoms with E-state index >= 15 is 0 Å². The second-order valence-electron chi connectivity index (χ2n) is 12.0. The summed E-state index contributed by atoms with van der Waals surface area (Å²) in [5.41, 5.74) is -1.19. The fraction of sp³-hybridized carbons (Fsp3) is 0.684. The SMILES string of the molecule is C#CCOCCOCCNC(=O)CCC(CCC(=O)NCCOCCOCC#C)(CCC(=O)NCCOCCOCC#C)NC(=O)C(=C)CCOP(=O)(O)CC. The Labute approximate surface area is 331 Å². The van der Waals surface area contributed by atoms with Crippen molar-refractivity contribution < 1.29 is 61.6 Å². The molecule has 4 amide bonds. The van der Waals surface area contributed by atoms with Gasteiger partial charge in [0.25, 0.3) is 0 Å². The van der Waals surface area contributed by atoms with Crippen molar-refractivity contribution in [1.29, 1.82) is 0 Å². The molecule has 0 saturated heterocycles. The molecule has 0 saturated carbocycles. The van der Waals surface area contributed by atoms with E-state index in [2.05, 4.69) is 45.6 Å². The van der Waals surface area contributed by atoms with Gasteiger partial charge in [-0.25, -0.2) is 0 Å². The van der Waals surface area contributed by atoms with E-state index in [1.54, 1.807) is 0 Å². The maximum atomic E-state index is 13.5. The Balaban J connectivity index is 5.73. The lowest BCUT2D eigenvalue weighted by Gasteiger charge is -2.35. The summed E-state index contributed by atoms with van der Waals surface area (Å²) in [6, 6.07) is 0. The number of carbonyl (C=O) groups is 4. The standard InChI is InChI=1S/C38H61N4O13P/c1-6-20-49-27-30-52-24-17-39-34(43)10-14-38(42-37(46)33(5)13-23-55-56(47,48)9-4,15-11-35(44)40-18-25-53-31-28-50-21-7-2)16-12-36(45)41-19-26-54-32-29-51-22-8-3/h1-3H,5,9-32H2,4H3,(H,39,43)(H,40,44)(H,41,45)(H,42,46)(H,47,48). The van der Waals surface area contributed by atoms with Crippen molar-refractivity contribution in [2.45, 2.75) is 57.4 Å². The zero-order valence-corrected chi connectivity index (χ0v) is 33.6. The average molecular weight is 813 g/mol. The third kappa shape index (κ3) is 30.4. The molecule has 0 aromatic carbocycles. The van der Waals surface area contributed by atoms with Crippen LogP contribution in [0.3, 0.4) is 0 Å². The topological polar surface area (TPSA) is 218 Å². The van der Waals surface area contributed by atoms with Gasteiger partial charge in [0.2, 0.25) is 23.6 Å². The number of hydrogen-bond donors (Lipinski definition) is 5. The zero-order chi connectivity index (χ0) is 41.8. The minimum atomic E-state index is -3.80. The Morgan fingerprint density at radius 3 is 1.30 bits per heavy atom. The highest BCUT2D eigenvalue weighted by Gasteiger charge is 2.34. The van der Waals surface area contributed by atoms with Gasteiger partial charge in [0.1, 0.15) is 19.8 Å². The van der Waals surface area contributed by atoms with Gasteiger partial charge in [-0.15, -0.1) is 19.3 Å². The fourth-order valence-electron chi connectivity index (χ4n) is 4.57. The summed E-state index contributed by atoms with van der Waals surface area (Å²) in [5.74, 6) is 5.40. The number of amides is 4. The minimum absolute atomic E-state index is 0.0407. The predicted octanol–water partition coefficient (Wildman–Crippen LogP) is 0.698. The van der Waals surface area contributed by atoms with Crippen molar-refractivity contribution in [2.75, 3.05) is 112 Å². The molecule has 0 aromatic rings. The van der Waals surface area contributed by atoms with Crippen LogP contribution in [0.2, 0.25) is 0 Å². The lowest BCUT2D eigenvalue weighted by Crippen LogP contribution is -2.51. The molecule has 0 aliphatic rings. The highest BCUT2D eigenvalue weighted by molar-refractivity contribution is 7.52. The molecule has 1 atom stereocenters. The van der Waals surface area contributed by atoms with E-state index in [4.69, 9.17) is 52.2 Å². The monoisotopic (exact) mass is 812 g/mol. The number of ether oxygens (including phenoxy) is 6. The van der Waals surface area contributed by atoms with Crippen molar-refractivity contribution in [1.82, 2.24) is 21.3 Å². The van der Waals surface area contributed by atoms with Crippen LogP contribution in [0.4, 0.5) is 0 Å². The first-order chi connectivity index (χ1) is 26.9. The molecule has 316 valence electrons. The minimum Gasteiger partial charge on any atom is -0.377 e. The molecular weight excluding hydrogens is 751 g/mol. The molecule has 0 aromatic heterocycles. The average Bonchev–Trinajstić information content (AvgIpc) is 3.18. The van der Waals surface area contributed by atoms with Crippen molar-refractivity contribution in [2.24, 2.45) is 0 Å². The maximum absolute atomic E-state index is 13.5. The van der Waals surface area contributed by atoms with Gasteiger partial charge in [0.05, 0.1) is 66.1 Å². The molecule has 0 aliphatic heterocycles. The van der Waals surface area contributed by atoms with Gasteiger partial charge in [-0.3, -0.25) is 23.7 Å². The van der Waals surface area contributed by atoms with E-state index < -0.39 is 19.0 Å². The smallest absolute Gasteiger partial charge is 0.327 e. The fourth-order valence-corrected chi connectivity index (χ4v) is 5.13. The van der Waals surface area contributed by atoms with Crippen LogP contribution < -0.4 is 21.3 Å². The van der Waals surface area contributed by atoms with E-state index in [1.807, 2.05) is 0 Å². The highest BCUT2D eigenvalue weighted by Crippen LogP contribution is 2.41. The molecule has 0 aliphatic carbocycles. The van der Waals surface area contributed by atoms with E-state index in [0.717, 1.165) is 0 Å². The number of nitrogens with one attached hydrogen (secondary N) is 4. The molecular formula is C38H61N4O13P. The molecule has 0 fully saturated rings. The van der Waals surface area contributed by atoms with Gasteiger partial charge in [0.15, 0.2) is 0 Å². The molecule has 0 radical (unpaired) electrons. The van der Waals surface area contributed by atoms with Crippen LogP contribution in [0.5, 0.6) is 0 Å². The van der Waals surface area contributed by atoms with Crippen LogP contribution in [-0.4, -0.2) is 146 Å². The number of terminal acetylenes is 3. The third-order valence-corrected chi connectivity index (χ3v) is 9.05. The summed E-state index contributed by atoms with van der Waals surface area (Å²) in [5, 5.41) is 11.2. The molecule has 56 heavy (non-hydrogen) atoms. The first kappa shape index (κ1) is 52.2. The van der Waals surface area contributed by atoms with Crippen LogP contribution in [0.15, 0.2) is 12.2 Å². The van der Waals surface area contributed by atoms with Crippen molar-refractivity contribution in [3.63, 3.8) is 0 Å². The molecule has 0 bridgehead atoms. The Kier molecular flexibility index (Phi) is 32.1. The molecule has 0 spiro atoms. The lowest BCUT2D eigenvalue weighted by molar-refractivity contribution is -0.125. The molecule has 17 nitrogen and oxygen atoms in total. The largest absolute Gasteiger partial charge is 0.377 e. The van der Waals surface area contributed by atoms with E-state index in [9.17, 15) is 28.6 Å². The van der Waals surface area contributed by atoms with E-state index in [-0.39, 0.29) is 140 Å². The molecule has 0 heterocycles. The summed E-state index contributed by atoms with van der Waals surface area (Å²) in [4.78, 5) is 62.2. The summed E-state index contributed by atoms with van der Waals surface area (Å²) in [6.45, 7) is 8.66. The Morgan fingerprint density at radius 2 is 0.964 bits per heavy atom. The summed E-state index contributed by atoms with van der Waals surface area (Å²) >= 11 is 0. The Bertz CT molecular complexity index is 1210. The van der Waals surface area contributed by atoms with Crippen molar-refractivity contribution in [3.05, 3.63) is 12.2 Å². The van der Waals surface area contributed by atoms with Gasteiger partial charge < -0.3 is 59.1 Å². The second-order valence-corrected chi connectivity index (χ2v) is 14.2. The molecule has 5 N–H and O–H groups in total. The number of carbonyl (C=O) groups excluding carboxylic acids is 4. The number of hydrogen-bond acceptors (Lipinski definition) is 12. The van der Waals surface area contributed by atoms with Crippen LogP contribution in [0.1, 0.15) is 51.9 Å². The highest BCUT2D eigenvalue weighted by atomic mass is 31.2. The normalized spacial score (nSPS) is 12.0. The number of rotatable bonds is 37. The summed E-state index contributed by atoms with van der Waals surface area (Å²) in [7, 11) is -3.80. The molecule has 1 unspecified atom stereocenters. The van der Waals surface area contributed by atoms with Gasteiger partial charge in [-0.2, -0.15) is 0 Å². The zero-order valence-electron chi connectivity index (χ0n) is 32.7. The first-order valence-corrected chi connectivity index (χ1v) is 20.2. The van der Waals surface area contributed by atoms with Crippen molar-refractivity contribution >= 4 is 31.2 Å². The van der Waals surface area contributed by atoms with E-state index in [0.29, 0.717) is 39.6 Å². The Hall–Kier alpha value is -3.79. The van der Waals surface area contributed by atoms with Crippen LogP contribution in [-0.2, 0) is 56.7 Å². The van der Waals surface area contributed by atoms with E-state index in [1.165, 1.54) is 6.92 Å². The Morgan fingerprint density at radius 1 is 0.607 bits per heavy atom. The quantitative estimate of drug-likeness (QED) is 0.0253. The van der Waals surface area contributed by atoms with Crippen LogP contribution in [0, 0.1) is 37.0 Å².